The van der Waals surface area contributed by atoms with Gasteiger partial charge in [-0.1, -0.05) is 29.8 Å². The van der Waals surface area contributed by atoms with Gasteiger partial charge in [0.1, 0.15) is 0 Å². The Labute approximate surface area is 161 Å². The van der Waals surface area contributed by atoms with Crippen molar-refractivity contribution in [1.29, 1.82) is 0 Å². The number of benzene rings is 1. The number of nitrogens with zero attached hydrogens (tertiary/aromatic N) is 3. The van der Waals surface area contributed by atoms with Gasteiger partial charge in [0.15, 0.2) is 0 Å². The maximum absolute atomic E-state index is 12.0. The molecule has 0 unspecified atom stereocenters. The van der Waals surface area contributed by atoms with Gasteiger partial charge in [0.05, 0.1) is 5.69 Å². The number of halogens is 1. The minimum absolute atomic E-state index is 0.0687. The highest BCUT2D eigenvalue weighted by molar-refractivity contribution is 6.30. The number of pyridine rings is 1. The van der Waals surface area contributed by atoms with Crippen LogP contribution in [0.5, 0.6) is 0 Å². The van der Waals surface area contributed by atoms with Gasteiger partial charge >= 0.3 is 0 Å². The van der Waals surface area contributed by atoms with Crippen LogP contribution in [0.2, 0.25) is 5.02 Å². The number of aryl methyl sites for hydroxylation is 1. The van der Waals surface area contributed by atoms with Crippen molar-refractivity contribution in [3.8, 4) is 11.3 Å². The second-order valence-electron chi connectivity index (χ2n) is 6.03. The summed E-state index contributed by atoms with van der Waals surface area (Å²) in [6.45, 7) is 0.817. The summed E-state index contributed by atoms with van der Waals surface area (Å²) < 4.78 is 1.39. The SMILES string of the molecule is O=C(CCCn1nc(-c2ccc(Cl)cc2)ccc1=O)NCc1cccnc1. The zero-order chi connectivity index (χ0) is 19.1. The van der Waals surface area contributed by atoms with Crippen molar-refractivity contribution in [2.75, 3.05) is 0 Å². The summed E-state index contributed by atoms with van der Waals surface area (Å²) >= 11 is 5.90. The molecule has 0 saturated carbocycles. The first-order valence-electron chi connectivity index (χ1n) is 8.61. The van der Waals surface area contributed by atoms with Gasteiger partial charge in [-0.3, -0.25) is 14.6 Å². The summed E-state index contributed by atoms with van der Waals surface area (Å²) in [4.78, 5) is 28.0. The molecule has 0 aliphatic heterocycles. The molecule has 0 fully saturated rings. The van der Waals surface area contributed by atoms with Crippen molar-refractivity contribution in [3.63, 3.8) is 0 Å². The van der Waals surface area contributed by atoms with Gasteiger partial charge in [-0.15, -0.1) is 0 Å². The smallest absolute Gasteiger partial charge is 0.266 e. The lowest BCUT2D eigenvalue weighted by Crippen LogP contribution is -2.25. The molecule has 0 saturated heterocycles. The van der Waals surface area contributed by atoms with Gasteiger partial charge in [-0.05, 0) is 36.2 Å². The largest absolute Gasteiger partial charge is 0.352 e. The number of hydrogen-bond acceptors (Lipinski definition) is 4. The number of rotatable bonds is 7. The monoisotopic (exact) mass is 382 g/mol. The topological polar surface area (TPSA) is 76.9 Å². The molecular formula is C20H19ClN4O2. The number of amides is 1. The summed E-state index contributed by atoms with van der Waals surface area (Å²) in [5.74, 6) is -0.0687. The molecule has 3 rings (SSSR count). The van der Waals surface area contributed by atoms with Crippen molar-refractivity contribution in [2.24, 2.45) is 0 Å². The molecular weight excluding hydrogens is 364 g/mol. The van der Waals surface area contributed by atoms with Crippen LogP contribution in [0.4, 0.5) is 0 Å². The van der Waals surface area contributed by atoms with Crippen LogP contribution < -0.4 is 10.9 Å². The molecule has 7 heteroatoms. The molecule has 0 aliphatic carbocycles. The normalized spacial score (nSPS) is 10.6. The lowest BCUT2D eigenvalue weighted by Gasteiger charge is -2.08. The molecule has 1 aromatic carbocycles. The summed E-state index contributed by atoms with van der Waals surface area (Å²) in [5.41, 5.74) is 2.32. The standard InChI is InChI=1S/C20H19ClN4O2/c21-17-7-5-16(6-8-17)18-9-10-20(27)25(24-18)12-2-4-19(26)23-14-15-3-1-11-22-13-15/h1,3,5-11,13H,2,4,12,14H2,(H,23,26). The van der Waals surface area contributed by atoms with E-state index in [2.05, 4.69) is 15.4 Å². The van der Waals surface area contributed by atoms with E-state index in [4.69, 9.17) is 11.6 Å². The molecule has 27 heavy (non-hydrogen) atoms. The molecule has 0 aliphatic rings. The lowest BCUT2D eigenvalue weighted by atomic mass is 10.1. The van der Waals surface area contributed by atoms with Gasteiger partial charge in [0.25, 0.3) is 5.56 Å². The molecule has 0 spiro atoms. The Hall–Kier alpha value is -2.99. The van der Waals surface area contributed by atoms with Crippen LogP contribution in [0.3, 0.4) is 0 Å². The molecule has 2 aromatic heterocycles. The second-order valence-corrected chi connectivity index (χ2v) is 6.46. The van der Waals surface area contributed by atoms with E-state index in [0.717, 1.165) is 11.1 Å². The first kappa shape index (κ1) is 18.8. The molecule has 3 aromatic rings. The zero-order valence-electron chi connectivity index (χ0n) is 14.6. The van der Waals surface area contributed by atoms with Crippen LogP contribution >= 0.6 is 11.6 Å². The highest BCUT2D eigenvalue weighted by atomic mass is 35.5. The van der Waals surface area contributed by atoms with Crippen LogP contribution in [0.1, 0.15) is 18.4 Å². The van der Waals surface area contributed by atoms with Crippen LogP contribution in [-0.4, -0.2) is 20.7 Å². The third kappa shape index (κ3) is 5.49. The minimum Gasteiger partial charge on any atom is -0.352 e. The van der Waals surface area contributed by atoms with Gasteiger partial charge in [-0.2, -0.15) is 5.10 Å². The molecule has 0 radical (unpaired) electrons. The Morgan fingerprint density at radius 1 is 1.11 bits per heavy atom. The first-order valence-corrected chi connectivity index (χ1v) is 8.99. The van der Waals surface area contributed by atoms with Crippen molar-refractivity contribution >= 4 is 17.5 Å². The van der Waals surface area contributed by atoms with Crippen LogP contribution in [0.25, 0.3) is 11.3 Å². The van der Waals surface area contributed by atoms with Gasteiger partial charge in [-0.25, -0.2) is 4.68 Å². The number of nitrogens with one attached hydrogen (secondary N) is 1. The Bertz CT molecular complexity index is 956. The average Bonchev–Trinajstić information content (AvgIpc) is 2.69. The van der Waals surface area contributed by atoms with Crippen molar-refractivity contribution in [3.05, 3.63) is 81.9 Å². The van der Waals surface area contributed by atoms with Gasteiger partial charge in [0.2, 0.25) is 5.91 Å². The fourth-order valence-corrected chi connectivity index (χ4v) is 2.69. The maximum Gasteiger partial charge on any atom is 0.266 e. The van der Waals surface area contributed by atoms with Crippen molar-refractivity contribution in [1.82, 2.24) is 20.1 Å². The van der Waals surface area contributed by atoms with E-state index in [-0.39, 0.29) is 11.5 Å². The van der Waals surface area contributed by atoms with Gasteiger partial charge < -0.3 is 5.32 Å². The molecule has 1 amide bonds. The zero-order valence-corrected chi connectivity index (χ0v) is 15.4. The Kier molecular flexibility index (Phi) is 6.33. The second kappa shape index (κ2) is 9.09. The van der Waals surface area contributed by atoms with E-state index >= 15 is 0 Å². The minimum atomic E-state index is -0.191. The molecule has 0 bridgehead atoms. The number of aromatic nitrogens is 3. The predicted octanol–water partition coefficient (Wildman–Crippen LogP) is 3.06. The summed E-state index contributed by atoms with van der Waals surface area (Å²) in [6.07, 6.45) is 4.25. The lowest BCUT2D eigenvalue weighted by molar-refractivity contribution is -0.121. The number of carbonyl (C=O) groups is 1. The molecule has 6 nitrogen and oxygen atoms in total. The fourth-order valence-electron chi connectivity index (χ4n) is 2.56. The Morgan fingerprint density at radius 3 is 2.67 bits per heavy atom. The number of hydrogen-bond donors (Lipinski definition) is 1. The third-order valence-corrected chi connectivity index (χ3v) is 4.24. The molecule has 1 N–H and O–H groups in total. The van der Waals surface area contributed by atoms with Crippen LogP contribution in [0.15, 0.2) is 65.7 Å². The third-order valence-electron chi connectivity index (χ3n) is 3.99. The van der Waals surface area contributed by atoms with Crippen LogP contribution in [0, 0.1) is 0 Å². The highest BCUT2D eigenvalue weighted by Gasteiger charge is 2.06. The first-order chi connectivity index (χ1) is 13.1. The van der Waals surface area contributed by atoms with E-state index in [1.807, 2.05) is 24.3 Å². The summed E-state index contributed by atoms with van der Waals surface area (Å²) in [5, 5.41) is 7.87. The fraction of sp³-hybridized carbons (Fsp3) is 0.200. The van der Waals surface area contributed by atoms with E-state index < -0.39 is 0 Å². The predicted molar refractivity (Wildman–Crippen MR) is 104 cm³/mol. The van der Waals surface area contributed by atoms with E-state index in [9.17, 15) is 9.59 Å². The molecule has 138 valence electrons. The van der Waals surface area contributed by atoms with Gasteiger partial charge in [0, 0.05) is 48.6 Å². The summed E-state index contributed by atoms with van der Waals surface area (Å²) in [6, 6.07) is 14.2. The molecule has 0 atom stereocenters. The van der Waals surface area contributed by atoms with E-state index in [1.165, 1.54) is 10.7 Å². The highest BCUT2D eigenvalue weighted by Crippen LogP contribution is 2.18. The van der Waals surface area contributed by atoms with Crippen LogP contribution in [-0.2, 0) is 17.9 Å². The van der Waals surface area contributed by atoms with E-state index in [0.29, 0.717) is 36.6 Å². The molecule has 2 heterocycles. The average molecular weight is 383 g/mol. The summed E-state index contributed by atoms with van der Waals surface area (Å²) in [7, 11) is 0. The number of carbonyl (C=O) groups excluding carboxylic acids is 1. The maximum atomic E-state index is 12.0. The van der Waals surface area contributed by atoms with E-state index in [1.54, 1.807) is 30.6 Å². The Morgan fingerprint density at radius 2 is 1.93 bits per heavy atom. The van der Waals surface area contributed by atoms with Crippen molar-refractivity contribution < 1.29 is 4.79 Å². The quantitative estimate of drug-likeness (QED) is 0.681. The Balaban J connectivity index is 1.54. The van der Waals surface area contributed by atoms with Crippen molar-refractivity contribution in [2.45, 2.75) is 25.9 Å².